The van der Waals surface area contributed by atoms with E-state index in [2.05, 4.69) is 182 Å². The Morgan fingerprint density at radius 3 is 2.21 bits per heavy atom. The van der Waals surface area contributed by atoms with Crippen LogP contribution in [0, 0.1) is 17.8 Å². The van der Waals surface area contributed by atoms with Gasteiger partial charge in [-0.25, -0.2) is 0 Å². The van der Waals surface area contributed by atoms with Gasteiger partial charge in [0.25, 0.3) is 0 Å². The number of thiophene rings is 1. The molecule has 0 radical (unpaired) electrons. The lowest BCUT2D eigenvalue weighted by Crippen LogP contribution is -2.17. The van der Waals surface area contributed by atoms with Gasteiger partial charge in [-0.15, -0.1) is 11.3 Å². The van der Waals surface area contributed by atoms with E-state index in [4.69, 9.17) is 4.42 Å². The van der Waals surface area contributed by atoms with E-state index in [1.54, 1.807) is 0 Å². The first-order valence-corrected chi connectivity index (χ1v) is 19.1. The average Bonchev–Trinajstić information content (AvgIpc) is 3.79. The number of fused-ring (bicyclic) bond motifs is 9. The normalized spacial score (nSPS) is 21.3. The van der Waals surface area contributed by atoms with E-state index >= 15 is 0 Å². The highest BCUT2D eigenvalue weighted by molar-refractivity contribution is 7.25. The Balaban J connectivity index is 1.13. The zero-order valence-corrected chi connectivity index (χ0v) is 29.3. The summed E-state index contributed by atoms with van der Waals surface area (Å²) in [6.45, 7) is 0. The number of hydrogen-bond acceptors (Lipinski definition) is 2. The van der Waals surface area contributed by atoms with E-state index in [0.29, 0.717) is 11.8 Å². The van der Waals surface area contributed by atoms with Gasteiger partial charge in [-0.3, -0.25) is 0 Å². The second-order valence-corrected chi connectivity index (χ2v) is 15.4. The average molecular weight is 683 g/mol. The Labute approximate surface area is 307 Å². The zero-order valence-electron chi connectivity index (χ0n) is 28.4. The summed E-state index contributed by atoms with van der Waals surface area (Å²) < 4.78 is 9.44. The Bertz CT molecular complexity index is 2810. The molecule has 0 aliphatic heterocycles. The molecule has 0 saturated heterocycles. The molecule has 0 fully saturated rings. The minimum atomic E-state index is 0.187. The molecule has 1 nitrogen and oxygen atoms in total. The first-order valence-electron chi connectivity index (χ1n) is 18.3. The van der Waals surface area contributed by atoms with Gasteiger partial charge in [-0.05, 0) is 93.1 Å². The highest BCUT2D eigenvalue weighted by Crippen LogP contribution is 2.51. The fourth-order valence-electron chi connectivity index (χ4n) is 8.89. The second-order valence-electron chi connectivity index (χ2n) is 14.4. The summed E-state index contributed by atoms with van der Waals surface area (Å²) in [5, 5.41) is 3.86. The maximum absolute atomic E-state index is 6.78. The van der Waals surface area contributed by atoms with Crippen LogP contribution in [0.25, 0.3) is 70.6 Å². The molecule has 2 heteroatoms. The lowest BCUT2D eigenvalue weighted by atomic mass is 9.72. The van der Waals surface area contributed by atoms with Crippen LogP contribution >= 0.6 is 11.3 Å². The number of rotatable bonds is 4. The Hall–Kier alpha value is -5.96. The lowest BCUT2D eigenvalue weighted by Gasteiger charge is -2.31. The van der Waals surface area contributed by atoms with Crippen LogP contribution in [0.5, 0.6) is 0 Å². The predicted octanol–water partition coefficient (Wildman–Crippen LogP) is 13.8. The molecular formula is C50H34OS. The molecule has 7 aromatic rings. The Morgan fingerprint density at radius 1 is 0.519 bits per heavy atom. The van der Waals surface area contributed by atoms with Crippen LogP contribution < -0.4 is 0 Å². The van der Waals surface area contributed by atoms with Crippen molar-refractivity contribution in [1.82, 2.24) is 0 Å². The van der Waals surface area contributed by atoms with Gasteiger partial charge >= 0.3 is 0 Å². The third-order valence-corrected chi connectivity index (χ3v) is 12.5. The van der Waals surface area contributed by atoms with Crippen molar-refractivity contribution in [2.75, 3.05) is 0 Å². The highest BCUT2D eigenvalue weighted by Gasteiger charge is 2.35. The molecule has 4 aliphatic carbocycles. The molecule has 0 saturated carbocycles. The molecule has 0 amide bonds. The van der Waals surface area contributed by atoms with E-state index in [0.717, 1.165) is 11.3 Å². The Morgan fingerprint density at radius 2 is 1.29 bits per heavy atom. The molecule has 11 rings (SSSR count). The predicted molar refractivity (Wildman–Crippen MR) is 221 cm³/mol. The van der Waals surface area contributed by atoms with Gasteiger partial charge in [0.05, 0.1) is 0 Å². The van der Waals surface area contributed by atoms with Crippen LogP contribution in [0.3, 0.4) is 0 Å². The van der Waals surface area contributed by atoms with Gasteiger partial charge < -0.3 is 4.42 Å². The topological polar surface area (TPSA) is 13.1 Å². The van der Waals surface area contributed by atoms with Crippen LogP contribution in [0.2, 0.25) is 0 Å². The summed E-state index contributed by atoms with van der Waals surface area (Å²) in [5.41, 5.74) is 12.1. The van der Waals surface area contributed by atoms with Gasteiger partial charge in [0, 0.05) is 54.8 Å². The van der Waals surface area contributed by atoms with Gasteiger partial charge in [-0.2, -0.15) is 0 Å². The van der Waals surface area contributed by atoms with Crippen LogP contribution in [-0.4, -0.2) is 0 Å². The third-order valence-electron chi connectivity index (χ3n) is 11.4. The lowest BCUT2D eigenvalue weighted by molar-refractivity contribution is 0.581. The second kappa shape index (κ2) is 11.8. The number of allylic oxidation sites excluding steroid dienone is 13. The number of hydrogen-bond donors (Lipinski definition) is 0. The fourth-order valence-corrected chi connectivity index (χ4v) is 9.97. The number of benzene rings is 5. The standard InChI is InChI=1S/C50H34OS/c1-2-12-32(13-3-1)43-30-46-50(42-17-7-6-15-40(42)43)49-39(18-10-19-45(49)51-46)38-27-36(34-22-21-31-11-4-5-14-33(31)25-34)26-37(28-38)35-23-24-48-44(29-35)41-16-8-9-20-47(41)52-48/h1-31,33,40,42H. The molecule has 0 spiro atoms. The van der Waals surface area contributed by atoms with Crippen molar-refractivity contribution >= 4 is 59.7 Å². The molecular weight excluding hydrogens is 649 g/mol. The van der Waals surface area contributed by atoms with E-state index < -0.39 is 0 Å². The quantitative estimate of drug-likeness (QED) is 0.180. The summed E-state index contributed by atoms with van der Waals surface area (Å²) in [6.07, 6.45) is 27.5. The van der Waals surface area contributed by atoms with E-state index in [1.807, 2.05) is 11.3 Å². The monoisotopic (exact) mass is 682 g/mol. The number of furan rings is 1. The van der Waals surface area contributed by atoms with Gasteiger partial charge in [0.1, 0.15) is 11.3 Å². The highest BCUT2D eigenvalue weighted by atomic mass is 32.1. The van der Waals surface area contributed by atoms with Gasteiger partial charge in [0.2, 0.25) is 0 Å². The van der Waals surface area contributed by atoms with Crippen molar-refractivity contribution in [3.8, 4) is 22.3 Å². The van der Waals surface area contributed by atoms with Crippen LogP contribution in [-0.2, 0) is 0 Å². The molecule has 0 bridgehead atoms. The fraction of sp³-hybridized carbons (Fsp3) is 0.0800. The van der Waals surface area contributed by atoms with Crippen molar-refractivity contribution in [3.63, 3.8) is 0 Å². The summed E-state index contributed by atoms with van der Waals surface area (Å²) in [6, 6.07) is 40.3. The summed E-state index contributed by atoms with van der Waals surface area (Å²) in [5.74, 6) is 2.17. The third kappa shape index (κ3) is 4.75. The molecule has 2 heterocycles. The Kier molecular flexibility index (Phi) is 6.75. The first-order chi connectivity index (χ1) is 25.7. The summed E-state index contributed by atoms with van der Waals surface area (Å²) in [7, 11) is 0. The first kappa shape index (κ1) is 29.7. The van der Waals surface area contributed by atoms with E-state index in [1.165, 1.54) is 75.6 Å². The molecule has 5 aromatic carbocycles. The van der Waals surface area contributed by atoms with Crippen LogP contribution in [0.4, 0.5) is 0 Å². The molecule has 246 valence electrons. The molecule has 2 aromatic heterocycles. The maximum atomic E-state index is 6.78. The molecule has 4 atom stereocenters. The van der Waals surface area contributed by atoms with Crippen LogP contribution in [0.1, 0.15) is 28.4 Å². The van der Waals surface area contributed by atoms with Crippen molar-refractivity contribution in [3.05, 3.63) is 198 Å². The van der Waals surface area contributed by atoms with Crippen molar-refractivity contribution < 1.29 is 4.42 Å². The van der Waals surface area contributed by atoms with Crippen molar-refractivity contribution in [2.45, 2.75) is 5.92 Å². The zero-order chi connectivity index (χ0) is 34.2. The molecule has 0 N–H and O–H groups in total. The summed E-state index contributed by atoms with van der Waals surface area (Å²) >= 11 is 1.87. The molecule has 4 aliphatic rings. The largest absolute Gasteiger partial charge is 0.456 e. The van der Waals surface area contributed by atoms with Crippen LogP contribution in [0.15, 0.2) is 180 Å². The summed E-state index contributed by atoms with van der Waals surface area (Å²) in [4.78, 5) is 0. The minimum absolute atomic E-state index is 0.187. The SMILES string of the molecule is C1=CC2C=CC(c3cc(-c4ccc5sc6ccccc6c5c4)cc(-c4cccc5oc6c(c45)C4C=CC=CC4C(c4ccccc4)=C6)c3)=CC2C=C1. The smallest absolute Gasteiger partial charge is 0.135 e. The molecule has 52 heavy (non-hydrogen) atoms. The van der Waals surface area contributed by atoms with Gasteiger partial charge in [0.15, 0.2) is 0 Å². The molecule has 4 unspecified atom stereocenters. The minimum Gasteiger partial charge on any atom is -0.456 e. The van der Waals surface area contributed by atoms with E-state index in [-0.39, 0.29) is 11.8 Å². The van der Waals surface area contributed by atoms with Crippen molar-refractivity contribution in [1.29, 1.82) is 0 Å². The van der Waals surface area contributed by atoms with Crippen molar-refractivity contribution in [2.24, 2.45) is 17.8 Å². The van der Waals surface area contributed by atoms with Gasteiger partial charge in [-0.1, -0.05) is 134 Å². The maximum Gasteiger partial charge on any atom is 0.135 e. The van der Waals surface area contributed by atoms with E-state index in [9.17, 15) is 0 Å².